The summed E-state index contributed by atoms with van der Waals surface area (Å²) in [5.41, 5.74) is 0.345. The SMILES string of the molecule is CCCCOCCOCCOCCC(C)(CCC)CNC. The number of rotatable bonds is 16. The third kappa shape index (κ3) is 13.2. The highest BCUT2D eigenvalue weighted by Gasteiger charge is 2.21. The molecular formula is C17H37NO3. The molecule has 0 aliphatic carbocycles. The van der Waals surface area contributed by atoms with Crippen molar-refractivity contribution in [1.82, 2.24) is 5.32 Å². The first-order valence-electron chi connectivity index (χ1n) is 8.56. The molecule has 4 heteroatoms. The molecule has 0 fully saturated rings. The molecule has 1 unspecified atom stereocenters. The minimum Gasteiger partial charge on any atom is -0.379 e. The fourth-order valence-electron chi connectivity index (χ4n) is 2.44. The Bertz CT molecular complexity index is 206. The molecule has 0 saturated carbocycles. The normalized spacial score (nSPS) is 14.3. The van der Waals surface area contributed by atoms with E-state index in [4.69, 9.17) is 14.2 Å². The van der Waals surface area contributed by atoms with Gasteiger partial charge in [-0.1, -0.05) is 33.6 Å². The van der Waals surface area contributed by atoms with Gasteiger partial charge in [0.25, 0.3) is 0 Å². The van der Waals surface area contributed by atoms with Crippen LogP contribution in [0.3, 0.4) is 0 Å². The lowest BCUT2D eigenvalue weighted by atomic mass is 9.82. The van der Waals surface area contributed by atoms with Crippen molar-refractivity contribution in [3.8, 4) is 0 Å². The van der Waals surface area contributed by atoms with Crippen molar-refractivity contribution in [3.05, 3.63) is 0 Å². The van der Waals surface area contributed by atoms with Gasteiger partial charge < -0.3 is 19.5 Å². The van der Waals surface area contributed by atoms with Crippen molar-refractivity contribution in [2.45, 2.75) is 52.9 Å². The highest BCUT2D eigenvalue weighted by molar-refractivity contribution is 4.75. The monoisotopic (exact) mass is 303 g/mol. The molecule has 21 heavy (non-hydrogen) atoms. The second-order valence-electron chi connectivity index (χ2n) is 6.03. The number of unbranched alkanes of at least 4 members (excludes halogenated alkanes) is 1. The van der Waals surface area contributed by atoms with Crippen molar-refractivity contribution in [1.29, 1.82) is 0 Å². The predicted molar refractivity (Wildman–Crippen MR) is 88.9 cm³/mol. The van der Waals surface area contributed by atoms with Crippen LogP contribution < -0.4 is 5.32 Å². The maximum Gasteiger partial charge on any atom is 0.0701 e. The van der Waals surface area contributed by atoms with Gasteiger partial charge in [-0.05, 0) is 31.7 Å². The van der Waals surface area contributed by atoms with E-state index in [1.807, 2.05) is 7.05 Å². The van der Waals surface area contributed by atoms with Gasteiger partial charge in [-0.2, -0.15) is 0 Å². The Balaban J connectivity index is 3.37. The van der Waals surface area contributed by atoms with Crippen LogP contribution in [-0.2, 0) is 14.2 Å². The Labute approximate surface area is 131 Å². The molecule has 1 N–H and O–H groups in total. The van der Waals surface area contributed by atoms with Crippen molar-refractivity contribution in [2.75, 3.05) is 53.2 Å². The summed E-state index contributed by atoms with van der Waals surface area (Å²) in [5.74, 6) is 0. The van der Waals surface area contributed by atoms with Gasteiger partial charge in [0.1, 0.15) is 0 Å². The van der Waals surface area contributed by atoms with Crippen LogP contribution in [0.25, 0.3) is 0 Å². The van der Waals surface area contributed by atoms with E-state index in [-0.39, 0.29) is 0 Å². The first-order valence-corrected chi connectivity index (χ1v) is 8.56. The molecule has 0 saturated heterocycles. The summed E-state index contributed by atoms with van der Waals surface area (Å²) in [6.07, 6.45) is 5.87. The van der Waals surface area contributed by atoms with Crippen molar-refractivity contribution in [3.63, 3.8) is 0 Å². The first-order chi connectivity index (χ1) is 10.2. The molecule has 0 aliphatic rings. The average molecular weight is 303 g/mol. The molecule has 0 bridgehead atoms. The molecule has 0 aromatic rings. The van der Waals surface area contributed by atoms with E-state index in [9.17, 15) is 0 Å². The topological polar surface area (TPSA) is 39.7 Å². The smallest absolute Gasteiger partial charge is 0.0701 e. The Morgan fingerprint density at radius 1 is 0.762 bits per heavy atom. The van der Waals surface area contributed by atoms with Gasteiger partial charge in [0, 0.05) is 19.8 Å². The lowest BCUT2D eigenvalue weighted by Gasteiger charge is -2.29. The zero-order chi connectivity index (χ0) is 15.8. The number of nitrogens with one attached hydrogen (secondary N) is 1. The molecule has 0 aromatic heterocycles. The van der Waals surface area contributed by atoms with E-state index in [1.54, 1.807) is 0 Å². The van der Waals surface area contributed by atoms with Gasteiger partial charge in [-0.3, -0.25) is 0 Å². The molecule has 0 aromatic carbocycles. The zero-order valence-corrected chi connectivity index (χ0v) is 14.7. The van der Waals surface area contributed by atoms with Gasteiger partial charge in [0.2, 0.25) is 0 Å². The standard InChI is InChI=1S/C17H37NO3/c1-5-7-10-19-12-14-21-15-13-20-11-9-17(3,8-6-2)16-18-4/h18H,5-16H2,1-4H3. The van der Waals surface area contributed by atoms with Crippen LogP contribution in [0, 0.1) is 5.41 Å². The molecule has 1 atom stereocenters. The Kier molecular flexibility index (Phi) is 14.7. The van der Waals surface area contributed by atoms with Gasteiger partial charge in [0.15, 0.2) is 0 Å². The molecule has 0 rings (SSSR count). The molecular weight excluding hydrogens is 266 g/mol. The summed E-state index contributed by atoms with van der Waals surface area (Å²) in [6.45, 7) is 12.1. The van der Waals surface area contributed by atoms with Crippen molar-refractivity contribution in [2.24, 2.45) is 5.41 Å². The predicted octanol–water partition coefficient (Wildman–Crippen LogP) is 3.25. The molecule has 0 radical (unpaired) electrons. The minimum absolute atomic E-state index is 0.345. The third-order valence-corrected chi connectivity index (χ3v) is 3.69. The Morgan fingerprint density at radius 3 is 1.86 bits per heavy atom. The second kappa shape index (κ2) is 14.8. The molecule has 0 amide bonds. The molecule has 0 heterocycles. The molecule has 128 valence electrons. The Hall–Kier alpha value is -0.160. The third-order valence-electron chi connectivity index (χ3n) is 3.69. The van der Waals surface area contributed by atoms with Crippen molar-refractivity contribution >= 4 is 0 Å². The van der Waals surface area contributed by atoms with Gasteiger partial charge >= 0.3 is 0 Å². The quantitative estimate of drug-likeness (QED) is 0.444. The number of hydrogen-bond donors (Lipinski definition) is 1. The minimum atomic E-state index is 0.345. The van der Waals surface area contributed by atoms with E-state index in [0.29, 0.717) is 31.8 Å². The van der Waals surface area contributed by atoms with E-state index in [2.05, 4.69) is 26.1 Å². The van der Waals surface area contributed by atoms with Crippen LogP contribution in [0.15, 0.2) is 0 Å². The summed E-state index contributed by atoms with van der Waals surface area (Å²) in [7, 11) is 2.02. The fourth-order valence-corrected chi connectivity index (χ4v) is 2.44. The summed E-state index contributed by atoms with van der Waals surface area (Å²) in [6, 6.07) is 0. The maximum absolute atomic E-state index is 5.67. The van der Waals surface area contributed by atoms with Crippen molar-refractivity contribution < 1.29 is 14.2 Å². The maximum atomic E-state index is 5.67. The largest absolute Gasteiger partial charge is 0.379 e. The molecule has 0 spiro atoms. The zero-order valence-electron chi connectivity index (χ0n) is 14.7. The first kappa shape index (κ1) is 20.8. The Morgan fingerprint density at radius 2 is 1.33 bits per heavy atom. The fraction of sp³-hybridized carbons (Fsp3) is 1.00. The van der Waals surface area contributed by atoms with Gasteiger partial charge in [-0.15, -0.1) is 0 Å². The van der Waals surface area contributed by atoms with Gasteiger partial charge in [-0.25, -0.2) is 0 Å². The van der Waals surface area contributed by atoms with E-state index in [0.717, 1.165) is 32.6 Å². The lowest BCUT2D eigenvalue weighted by Crippen LogP contribution is -2.31. The van der Waals surface area contributed by atoms with Crippen LogP contribution >= 0.6 is 0 Å². The summed E-state index contributed by atoms with van der Waals surface area (Å²) < 4.78 is 16.6. The van der Waals surface area contributed by atoms with E-state index in [1.165, 1.54) is 19.3 Å². The number of hydrogen-bond acceptors (Lipinski definition) is 4. The van der Waals surface area contributed by atoms with Crippen LogP contribution in [0.4, 0.5) is 0 Å². The van der Waals surface area contributed by atoms with E-state index < -0.39 is 0 Å². The number of ether oxygens (including phenoxy) is 3. The van der Waals surface area contributed by atoms with Crippen LogP contribution in [0.5, 0.6) is 0 Å². The second-order valence-corrected chi connectivity index (χ2v) is 6.03. The molecule has 4 nitrogen and oxygen atoms in total. The van der Waals surface area contributed by atoms with Crippen LogP contribution in [-0.4, -0.2) is 53.2 Å². The van der Waals surface area contributed by atoms with Crippen LogP contribution in [0.1, 0.15) is 52.9 Å². The van der Waals surface area contributed by atoms with Crippen LogP contribution in [0.2, 0.25) is 0 Å². The summed E-state index contributed by atoms with van der Waals surface area (Å²) in [5, 5.41) is 3.29. The van der Waals surface area contributed by atoms with E-state index >= 15 is 0 Å². The average Bonchev–Trinajstić information content (AvgIpc) is 2.45. The molecule has 0 aliphatic heterocycles. The van der Waals surface area contributed by atoms with Gasteiger partial charge in [0.05, 0.1) is 26.4 Å². The highest BCUT2D eigenvalue weighted by Crippen LogP contribution is 2.26. The lowest BCUT2D eigenvalue weighted by molar-refractivity contribution is 0.00820. The summed E-state index contributed by atoms with van der Waals surface area (Å²) >= 11 is 0. The summed E-state index contributed by atoms with van der Waals surface area (Å²) in [4.78, 5) is 0. The highest BCUT2D eigenvalue weighted by atomic mass is 16.5.